The van der Waals surface area contributed by atoms with Gasteiger partial charge in [0.2, 0.25) is 0 Å². The number of benzene rings is 1. The van der Waals surface area contributed by atoms with E-state index in [0.29, 0.717) is 0 Å². The maximum atomic E-state index is 5.80. The number of hydrogen-bond donors (Lipinski definition) is 2. The minimum atomic E-state index is 0.0879. The van der Waals surface area contributed by atoms with Crippen molar-refractivity contribution in [2.45, 2.75) is 32.9 Å². The molecule has 4 nitrogen and oxygen atoms in total. The Kier molecular flexibility index (Phi) is 3.10. The molecule has 1 aromatic carbocycles. The number of aromatic amines is 1. The van der Waals surface area contributed by atoms with Gasteiger partial charge in [0.15, 0.2) is 11.6 Å². The number of hydrogen-bond acceptors (Lipinski definition) is 3. The van der Waals surface area contributed by atoms with Gasteiger partial charge in [0.05, 0.1) is 6.20 Å². The Morgan fingerprint density at radius 3 is 2.80 bits per heavy atom. The van der Waals surface area contributed by atoms with Crippen LogP contribution in [0, 0.1) is 0 Å². The normalized spacial score (nSPS) is 12.2. The van der Waals surface area contributed by atoms with Crippen molar-refractivity contribution in [1.29, 1.82) is 0 Å². The molecule has 0 aliphatic carbocycles. The molecule has 0 atom stereocenters. The van der Waals surface area contributed by atoms with Crippen molar-refractivity contribution in [2.24, 2.45) is 0 Å². The highest BCUT2D eigenvalue weighted by molar-refractivity contribution is 5.81. The molecule has 3 rings (SSSR count). The van der Waals surface area contributed by atoms with Gasteiger partial charge in [-0.1, -0.05) is 18.2 Å². The number of nitrogens with one attached hydrogen (secondary N) is 2. The Morgan fingerprint density at radius 1 is 1.25 bits per heavy atom. The third-order valence-electron chi connectivity index (χ3n) is 3.10. The number of fused-ring (bicyclic) bond motifs is 1. The number of furan rings is 1. The zero-order chi connectivity index (χ0) is 14.2. The van der Waals surface area contributed by atoms with Crippen LogP contribution in [0.2, 0.25) is 0 Å². The Hall–Kier alpha value is -2.07. The predicted octanol–water partition coefficient (Wildman–Crippen LogP) is 3.71. The van der Waals surface area contributed by atoms with E-state index < -0.39 is 0 Å². The third-order valence-corrected chi connectivity index (χ3v) is 3.10. The molecular formula is C16H19N3O. The zero-order valence-electron chi connectivity index (χ0n) is 12.0. The van der Waals surface area contributed by atoms with Gasteiger partial charge in [-0.15, -0.1) is 0 Å². The first kappa shape index (κ1) is 12.9. The lowest BCUT2D eigenvalue weighted by atomic mass is 10.1. The second kappa shape index (κ2) is 4.80. The molecule has 2 heterocycles. The van der Waals surface area contributed by atoms with Crippen molar-refractivity contribution < 1.29 is 4.42 Å². The van der Waals surface area contributed by atoms with Crippen LogP contribution in [0.15, 0.2) is 40.9 Å². The maximum absolute atomic E-state index is 5.80. The largest absolute Gasteiger partial charge is 0.453 e. The average Bonchev–Trinajstić information content (AvgIpc) is 3.01. The van der Waals surface area contributed by atoms with Crippen molar-refractivity contribution in [1.82, 2.24) is 15.3 Å². The zero-order valence-corrected chi connectivity index (χ0v) is 12.0. The van der Waals surface area contributed by atoms with E-state index in [4.69, 9.17) is 4.42 Å². The number of rotatable bonds is 3. The number of H-pyrrole nitrogens is 1. The van der Waals surface area contributed by atoms with Crippen molar-refractivity contribution >= 4 is 11.0 Å². The summed E-state index contributed by atoms with van der Waals surface area (Å²) in [6.45, 7) is 7.19. The average molecular weight is 269 g/mol. The SMILES string of the molecule is CC(C)(C)NCc1cnc(-c2cc3ccccc3o2)[nH]1. The molecule has 0 amide bonds. The van der Waals surface area contributed by atoms with Gasteiger partial charge in [0.25, 0.3) is 0 Å². The second-order valence-electron chi connectivity index (χ2n) is 6.01. The first-order valence-electron chi connectivity index (χ1n) is 6.79. The smallest absolute Gasteiger partial charge is 0.173 e. The minimum Gasteiger partial charge on any atom is -0.453 e. The maximum Gasteiger partial charge on any atom is 0.173 e. The van der Waals surface area contributed by atoms with Crippen molar-refractivity contribution in [2.75, 3.05) is 0 Å². The molecule has 0 fully saturated rings. The number of aromatic nitrogens is 2. The van der Waals surface area contributed by atoms with E-state index in [1.54, 1.807) is 0 Å². The highest BCUT2D eigenvalue weighted by Crippen LogP contribution is 2.25. The molecule has 0 saturated carbocycles. The summed E-state index contributed by atoms with van der Waals surface area (Å²) in [5.41, 5.74) is 2.02. The van der Waals surface area contributed by atoms with Crippen molar-refractivity contribution in [3.05, 3.63) is 42.2 Å². The van der Waals surface area contributed by atoms with Crippen LogP contribution in [0.1, 0.15) is 26.5 Å². The Morgan fingerprint density at radius 2 is 2.05 bits per heavy atom. The Balaban J connectivity index is 1.82. The summed E-state index contributed by atoms with van der Waals surface area (Å²) in [5.74, 6) is 1.54. The van der Waals surface area contributed by atoms with Crippen LogP contribution in [-0.4, -0.2) is 15.5 Å². The molecule has 4 heteroatoms. The molecule has 0 unspecified atom stereocenters. The first-order chi connectivity index (χ1) is 9.51. The van der Waals surface area contributed by atoms with Crippen LogP contribution in [0.5, 0.6) is 0 Å². The molecule has 3 aromatic rings. The standard InChI is InChI=1S/C16H19N3O/c1-16(2,3)18-10-12-9-17-15(19-12)14-8-11-6-4-5-7-13(11)20-14/h4-9,18H,10H2,1-3H3,(H,17,19). The van der Waals surface area contributed by atoms with Gasteiger partial charge in [-0.3, -0.25) is 0 Å². The van der Waals surface area contributed by atoms with Crippen molar-refractivity contribution in [3.8, 4) is 11.6 Å². The molecule has 2 N–H and O–H groups in total. The lowest BCUT2D eigenvalue weighted by molar-refractivity contribution is 0.422. The predicted molar refractivity (Wildman–Crippen MR) is 80.4 cm³/mol. The fourth-order valence-corrected chi connectivity index (χ4v) is 2.03. The third kappa shape index (κ3) is 2.75. The van der Waals surface area contributed by atoms with Crippen LogP contribution >= 0.6 is 0 Å². The second-order valence-corrected chi connectivity index (χ2v) is 6.01. The summed E-state index contributed by atoms with van der Waals surface area (Å²) >= 11 is 0. The number of imidazole rings is 1. The van der Waals surface area contributed by atoms with Gasteiger partial charge in [-0.2, -0.15) is 0 Å². The Labute approximate surface area is 118 Å². The summed E-state index contributed by atoms with van der Waals surface area (Å²) in [4.78, 5) is 7.69. The molecule has 0 aliphatic rings. The van der Waals surface area contributed by atoms with Crippen LogP contribution in [0.4, 0.5) is 0 Å². The summed E-state index contributed by atoms with van der Waals surface area (Å²) in [5, 5.41) is 4.52. The van der Waals surface area contributed by atoms with Gasteiger partial charge < -0.3 is 14.7 Å². The van der Waals surface area contributed by atoms with Gasteiger partial charge in [0, 0.05) is 23.2 Å². The van der Waals surface area contributed by atoms with Gasteiger partial charge in [-0.05, 0) is 32.9 Å². The summed E-state index contributed by atoms with van der Waals surface area (Å²) in [6, 6.07) is 9.98. The van der Waals surface area contributed by atoms with E-state index in [-0.39, 0.29) is 5.54 Å². The molecule has 0 saturated heterocycles. The monoisotopic (exact) mass is 269 g/mol. The van der Waals surface area contributed by atoms with Crippen LogP contribution in [-0.2, 0) is 6.54 Å². The highest BCUT2D eigenvalue weighted by atomic mass is 16.3. The Bertz CT molecular complexity index is 685. The fourth-order valence-electron chi connectivity index (χ4n) is 2.03. The first-order valence-corrected chi connectivity index (χ1v) is 6.79. The topological polar surface area (TPSA) is 53.9 Å². The summed E-state index contributed by atoms with van der Waals surface area (Å²) in [7, 11) is 0. The van der Waals surface area contributed by atoms with Gasteiger partial charge in [-0.25, -0.2) is 4.98 Å². The molecule has 0 spiro atoms. The van der Waals surface area contributed by atoms with E-state index in [9.17, 15) is 0 Å². The minimum absolute atomic E-state index is 0.0879. The van der Waals surface area contributed by atoms with Crippen LogP contribution in [0.25, 0.3) is 22.6 Å². The van der Waals surface area contributed by atoms with E-state index in [1.165, 1.54) is 0 Å². The molecule has 2 aromatic heterocycles. The van der Waals surface area contributed by atoms with Crippen LogP contribution < -0.4 is 5.32 Å². The quantitative estimate of drug-likeness (QED) is 0.762. The van der Waals surface area contributed by atoms with Gasteiger partial charge in [0.1, 0.15) is 5.58 Å². The lowest BCUT2D eigenvalue weighted by Gasteiger charge is -2.19. The van der Waals surface area contributed by atoms with Gasteiger partial charge >= 0.3 is 0 Å². The molecule has 20 heavy (non-hydrogen) atoms. The lowest BCUT2D eigenvalue weighted by Crippen LogP contribution is -2.35. The molecule has 0 radical (unpaired) electrons. The molecule has 0 aliphatic heterocycles. The van der Waals surface area contributed by atoms with E-state index in [2.05, 4.69) is 36.1 Å². The summed E-state index contributed by atoms with van der Waals surface area (Å²) in [6.07, 6.45) is 1.85. The molecule has 0 bridgehead atoms. The van der Waals surface area contributed by atoms with E-state index in [0.717, 1.165) is 34.8 Å². The van der Waals surface area contributed by atoms with E-state index in [1.807, 2.05) is 36.5 Å². The molecular weight excluding hydrogens is 250 g/mol. The summed E-state index contributed by atoms with van der Waals surface area (Å²) < 4.78 is 5.80. The highest BCUT2D eigenvalue weighted by Gasteiger charge is 2.12. The number of para-hydroxylation sites is 1. The molecule has 104 valence electrons. The fraction of sp³-hybridized carbons (Fsp3) is 0.312. The number of nitrogens with zero attached hydrogens (tertiary/aromatic N) is 1. The van der Waals surface area contributed by atoms with Crippen molar-refractivity contribution in [3.63, 3.8) is 0 Å². The van der Waals surface area contributed by atoms with E-state index >= 15 is 0 Å². The van der Waals surface area contributed by atoms with Crippen LogP contribution in [0.3, 0.4) is 0 Å².